The Kier molecular flexibility index (Phi) is 4.11. The third-order valence-corrected chi connectivity index (χ3v) is 3.05. The van der Waals surface area contributed by atoms with E-state index >= 15 is 0 Å². The number of rotatable bonds is 3. The van der Waals surface area contributed by atoms with Crippen LogP contribution in [0, 0.1) is 0 Å². The van der Waals surface area contributed by atoms with Crippen molar-refractivity contribution in [2.45, 2.75) is 0 Å². The summed E-state index contributed by atoms with van der Waals surface area (Å²) in [5, 5.41) is 13.0. The molecule has 92 valence electrons. The molecule has 0 saturated heterocycles. The molecule has 4 nitrogen and oxygen atoms in total. The fourth-order valence-electron chi connectivity index (χ4n) is 1.50. The average Bonchev–Trinajstić information content (AvgIpc) is 3.00. The predicted molar refractivity (Wildman–Crippen MR) is 79.7 cm³/mol. The number of aromatic amines is 1. The van der Waals surface area contributed by atoms with Gasteiger partial charge in [-0.1, -0.05) is 18.2 Å². The number of para-hydroxylation sites is 1. The maximum Gasteiger partial charge on any atom is 0.187 e. The van der Waals surface area contributed by atoms with Gasteiger partial charge >= 0.3 is 0 Å². The number of H-pyrrole nitrogens is 1. The summed E-state index contributed by atoms with van der Waals surface area (Å²) >= 11 is 1.57. The van der Waals surface area contributed by atoms with E-state index in [1.165, 1.54) is 0 Å². The van der Waals surface area contributed by atoms with Crippen LogP contribution in [0.1, 0.15) is 0 Å². The number of thiazole rings is 1. The first-order chi connectivity index (χ1) is 8.42. The zero-order valence-corrected chi connectivity index (χ0v) is 11.9. The Balaban J connectivity index is 0.00000120. The molecule has 0 atom stereocenters. The summed E-state index contributed by atoms with van der Waals surface area (Å²) in [6.45, 7) is 0. The maximum absolute atomic E-state index is 4.47. The number of halogens is 1. The topological polar surface area (TPSA) is 53.6 Å². The quantitative estimate of drug-likeness (QED) is 0.770. The van der Waals surface area contributed by atoms with Gasteiger partial charge in [-0.05, 0) is 18.2 Å². The Morgan fingerprint density at radius 1 is 1.06 bits per heavy atom. The Morgan fingerprint density at radius 3 is 2.61 bits per heavy atom. The predicted octanol–water partition coefficient (Wildman–Crippen LogP) is 3.85. The van der Waals surface area contributed by atoms with Crippen LogP contribution in [0.25, 0.3) is 11.4 Å². The Hall–Kier alpha value is -1.66. The third kappa shape index (κ3) is 2.77. The monoisotopic (exact) mass is 322 g/mol. The second-order valence-electron chi connectivity index (χ2n) is 3.49. The Bertz CT molecular complexity index is 592. The molecule has 6 heteroatoms. The zero-order chi connectivity index (χ0) is 11.5. The van der Waals surface area contributed by atoms with E-state index in [1.807, 2.05) is 41.8 Å². The molecule has 0 amide bonds. The van der Waals surface area contributed by atoms with Gasteiger partial charge in [0.2, 0.25) is 0 Å². The SMILES string of the molecule is Br.c1ccc(Nc2nc(-c3cc[nH]n3)cs2)cc1. The second kappa shape index (κ2) is 5.79. The van der Waals surface area contributed by atoms with Crippen molar-refractivity contribution in [1.82, 2.24) is 15.2 Å². The lowest BCUT2D eigenvalue weighted by atomic mass is 10.3. The van der Waals surface area contributed by atoms with Gasteiger partial charge in [-0.2, -0.15) is 5.10 Å². The highest BCUT2D eigenvalue weighted by Crippen LogP contribution is 2.25. The zero-order valence-electron chi connectivity index (χ0n) is 9.33. The molecule has 2 aromatic heterocycles. The highest BCUT2D eigenvalue weighted by atomic mass is 79.9. The van der Waals surface area contributed by atoms with E-state index in [9.17, 15) is 0 Å². The van der Waals surface area contributed by atoms with Crippen LogP contribution in [0.5, 0.6) is 0 Å². The molecule has 0 bridgehead atoms. The molecule has 0 aliphatic carbocycles. The molecule has 0 spiro atoms. The Morgan fingerprint density at radius 2 is 1.89 bits per heavy atom. The first-order valence-corrected chi connectivity index (χ1v) is 6.07. The molecule has 0 radical (unpaired) electrons. The van der Waals surface area contributed by atoms with Crippen molar-refractivity contribution in [2.75, 3.05) is 5.32 Å². The molecule has 0 aliphatic heterocycles. The summed E-state index contributed by atoms with van der Waals surface area (Å²) in [7, 11) is 0. The van der Waals surface area contributed by atoms with Crippen LogP contribution in [0.2, 0.25) is 0 Å². The minimum Gasteiger partial charge on any atom is -0.332 e. The number of aromatic nitrogens is 3. The minimum absolute atomic E-state index is 0. The second-order valence-corrected chi connectivity index (χ2v) is 4.35. The fraction of sp³-hybridized carbons (Fsp3) is 0. The van der Waals surface area contributed by atoms with Gasteiger partial charge < -0.3 is 5.32 Å². The maximum atomic E-state index is 4.47. The summed E-state index contributed by atoms with van der Waals surface area (Å²) in [5.74, 6) is 0. The van der Waals surface area contributed by atoms with Crippen LogP contribution in [0.4, 0.5) is 10.8 Å². The fourth-order valence-corrected chi connectivity index (χ4v) is 2.22. The molecule has 0 aliphatic rings. The third-order valence-electron chi connectivity index (χ3n) is 2.29. The van der Waals surface area contributed by atoms with Crippen molar-refractivity contribution in [3.05, 3.63) is 48.0 Å². The van der Waals surface area contributed by atoms with Gasteiger partial charge in [0.25, 0.3) is 0 Å². The summed E-state index contributed by atoms with van der Waals surface area (Å²) in [4.78, 5) is 4.47. The summed E-state index contributed by atoms with van der Waals surface area (Å²) in [6, 6.07) is 11.9. The molecular formula is C12H11BrN4S. The number of nitrogens with zero attached hydrogens (tertiary/aromatic N) is 2. The normalized spacial score (nSPS) is 9.78. The first kappa shape index (κ1) is 12.8. The summed E-state index contributed by atoms with van der Waals surface area (Å²) < 4.78 is 0. The highest BCUT2D eigenvalue weighted by molar-refractivity contribution is 8.93. The van der Waals surface area contributed by atoms with Crippen LogP contribution < -0.4 is 5.32 Å². The molecule has 0 unspecified atom stereocenters. The van der Waals surface area contributed by atoms with Crippen molar-refractivity contribution in [3.8, 4) is 11.4 Å². The molecule has 0 fully saturated rings. The van der Waals surface area contributed by atoms with Gasteiger partial charge in [0.05, 0.1) is 0 Å². The number of hydrogen-bond acceptors (Lipinski definition) is 4. The van der Waals surface area contributed by atoms with E-state index in [0.717, 1.165) is 22.2 Å². The molecule has 0 saturated carbocycles. The lowest BCUT2D eigenvalue weighted by Crippen LogP contribution is -1.88. The van der Waals surface area contributed by atoms with Crippen molar-refractivity contribution in [2.24, 2.45) is 0 Å². The van der Waals surface area contributed by atoms with Crippen LogP contribution in [0.3, 0.4) is 0 Å². The van der Waals surface area contributed by atoms with E-state index in [2.05, 4.69) is 20.5 Å². The molecular weight excluding hydrogens is 312 g/mol. The molecule has 3 rings (SSSR count). The smallest absolute Gasteiger partial charge is 0.187 e. The lowest BCUT2D eigenvalue weighted by molar-refractivity contribution is 1.09. The number of nitrogens with one attached hydrogen (secondary N) is 2. The lowest BCUT2D eigenvalue weighted by Gasteiger charge is -2.00. The van der Waals surface area contributed by atoms with Crippen molar-refractivity contribution < 1.29 is 0 Å². The number of hydrogen-bond donors (Lipinski definition) is 2. The van der Waals surface area contributed by atoms with E-state index in [0.29, 0.717) is 0 Å². The van der Waals surface area contributed by atoms with E-state index in [-0.39, 0.29) is 17.0 Å². The van der Waals surface area contributed by atoms with Crippen LogP contribution in [-0.4, -0.2) is 15.2 Å². The Labute approximate surface area is 119 Å². The van der Waals surface area contributed by atoms with Crippen LogP contribution in [0.15, 0.2) is 48.0 Å². The molecule has 18 heavy (non-hydrogen) atoms. The molecule has 2 N–H and O–H groups in total. The number of anilines is 2. The number of benzene rings is 1. The van der Waals surface area contributed by atoms with Crippen molar-refractivity contribution in [1.29, 1.82) is 0 Å². The van der Waals surface area contributed by atoms with E-state index in [4.69, 9.17) is 0 Å². The standard InChI is InChI=1S/C12H10N4S.BrH/c1-2-4-9(5-3-1)14-12-15-11(8-17-12)10-6-7-13-16-10;/h1-8H,(H,13,16)(H,14,15);1H. The first-order valence-electron chi connectivity index (χ1n) is 5.19. The van der Waals surface area contributed by atoms with Crippen molar-refractivity contribution >= 4 is 39.1 Å². The van der Waals surface area contributed by atoms with Crippen LogP contribution in [-0.2, 0) is 0 Å². The largest absolute Gasteiger partial charge is 0.332 e. The van der Waals surface area contributed by atoms with E-state index < -0.39 is 0 Å². The average molecular weight is 323 g/mol. The van der Waals surface area contributed by atoms with Gasteiger partial charge in [-0.3, -0.25) is 5.10 Å². The highest BCUT2D eigenvalue weighted by Gasteiger charge is 2.05. The van der Waals surface area contributed by atoms with E-state index in [1.54, 1.807) is 17.5 Å². The van der Waals surface area contributed by atoms with Crippen molar-refractivity contribution in [3.63, 3.8) is 0 Å². The van der Waals surface area contributed by atoms with Gasteiger partial charge in [0, 0.05) is 17.3 Å². The summed E-state index contributed by atoms with van der Waals surface area (Å²) in [5.41, 5.74) is 2.78. The molecule has 1 aromatic carbocycles. The van der Waals surface area contributed by atoms with Gasteiger partial charge in [-0.15, -0.1) is 28.3 Å². The summed E-state index contributed by atoms with van der Waals surface area (Å²) in [6.07, 6.45) is 1.79. The molecule has 3 aromatic rings. The van der Waals surface area contributed by atoms with Gasteiger partial charge in [-0.25, -0.2) is 4.98 Å². The van der Waals surface area contributed by atoms with Gasteiger partial charge in [0.1, 0.15) is 11.4 Å². The van der Waals surface area contributed by atoms with Gasteiger partial charge in [0.15, 0.2) is 5.13 Å². The minimum atomic E-state index is 0. The van der Waals surface area contributed by atoms with Crippen LogP contribution >= 0.6 is 28.3 Å². The molecule has 2 heterocycles.